The molecule has 94 valence electrons. The van der Waals surface area contributed by atoms with E-state index in [0.29, 0.717) is 0 Å². The van der Waals surface area contributed by atoms with Gasteiger partial charge in [0.15, 0.2) is 0 Å². The molecule has 0 atom stereocenters. The van der Waals surface area contributed by atoms with Crippen molar-refractivity contribution >= 4 is 21.5 Å². The van der Waals surface area contributed by atoms with Crippen molar-refractivity contribution in [3.63, 3.8) is 0 Å². The molecule has 0 radical (unpaired) electrons. The lowest BCUT2D eigenvalue weighted by Crippen LogP contribution is -2.15. The van der Waals surface area contributed by atoms with Crippen molar-refractivity contribution < 1.29 is 8.42 Å². The Kier molecular flexibility index (Phi) is 3.20. The standard InChI is InChI=1S/C12H13N3O2S/c1-9-5-4-8-12(14-9)15-18(16,17)11-7-3-2-6-10(11)13/h2-8H,13H2,1H3,(H,14,15). The highest BCUT2D eigenvalue weighted by Gasteiger charge is 2.17. The van der Waals surface area contributed by atoms with Crippen molar-refractivity contribution in [1.82, 2.24) is 4.98 Å². The Hall–Kier alpha value is -2.08. The molecular weight excluding hydrogens is 250 g/mol. The van der Waals surface area contributed by atoms with Crippen LogP contribution in [0.25, 0.3) is 0 Å². The summed E-state index contributed by atoms with van der Waals surface area (Å²) >= 11 is 0. The first kappa shape index (κ1) is 12.4. The van der Waals surface area contributed by atoms with Gasteiger partial charge in [0.25, 0.3) is 10.0 Å². The van der Waals surface area contributed by atoms with E-state index in [1.165, 1.54) is 12.1 Å². The highest BCUT2D eigenvalue weighted by molar-refractivity contribution is 7.92. The fraction of sp³-hybridized carbons (Fsp3) is 0.0833. The van der Waals surface area contributed by atoms with Crippen LogP contribution in [0.5, 0.6) is 0 Å². The van der Waals surface area contributed by atoms with Gasteiger partial charge in [-0.3, -0.25) is 4.72 Å². The number of sulfonamides is 1. The normalized spacial score (nSPS) is 11.2. The lowest BCUT2D eigenvalue weighted by molar-refractivity contribution is 0.601. The van der Waals surface area contributed by atoms with E-state index in [1.807, 2.05) is 0 Å². The monoisotopic (exact) mass is 263 g/mol. The number of anilines is 2. The third-order valence-electron chi connectivity index (χ3n) is 2.34. The van der Waals surface area contributed by atoms with Crippen LogP contribution in [-0.2, 0) is 10.0 Å². The van der Waals surface area contributed by atoms with Gasteiger partial charge < -0.3 is 5.73 Å². The number of para-hydroxylation sites is 1. The third kappa shape index (κ3) is 2.60. The van der Waals surface area contributed by atoms with Gasteiger partial charge in [-0.25, -0.2) is 13.4 Å². The first-order valence-corrected chi connectivity index (χ1v) is 6.78. The van der Waals surface area contributed by atoms with Crippen LogP contribution in [0.15, 0.2) is 47.4 Å². The number of hydrogen-bond acceptors (Lipinski definition) is 4. The van der Waals surface area contributed by atoms with E-state index in [-0.39, 0.29) is 16.4 Å². The molecule has 0 aliphatic rings. The number of nitrogens with two attached hydrogens (primary N) is 1. The van der Waals surface area contributed by atoms with E-state index >= 15 is 0 Å². The minimum absolute atomic E-state index is 0.0494. The summed E-state index contributed by atoms with van der Waals surface area (Å²) in [7, 11) is -3.70. The van der Waals surface area contributed by atoms with Crippen LogP contribution in [0.3, 0.4) is 0 Å². The van der Waals surface area contributed by atoms with Gasteiger partial charge in [0, 0.05) is 5.69 Å². The maximum Gasteiger partial charge on any atom is 0.265 e. The predicted molar refractivity (Wildman–Crippen MR) is 70.6 cm³/mol. The van der Waals surface area contributed by atoms with Crippen LogP contribution in [0, 0.1) is 6.92 Å². The summed E-state index contributed by atoms with van der Waals surface area (Å²) in [5.74, 6) is 0.276. The van der Waals surface area contributed by atoms with Crippen LogP contribution < -0.4 is 10.5 Å². The Morgan fingerprint density at radius 2 is 1.83 bits per heavy atom. The summed E-state index contributed by atoms with van der Waals surface area (Å²) in [6.07, 6.45) is 0. The summed E-state index contributed by atoms with van der Waals surface area (Å²) in [6, 6.07) is 11.4. The van der Waals surface area contributed by atoms with E-state index in [0.717, 1.165) is 5.69 Å². The van der Waals surface area contributed by atoms with Gasteiger partial charge in [0.2, 0.25) is 0 Å². The van der Waals surface area contributed by atoms with Crippen LogP contribution in [0.1, 0.15) is 5.69 Å². The van der Waals surface area contributed by atoms with E-state index < -0.39 is 10.0 Å². The molecule has 0 fully saturated rings. The summed E-state index contributed by atoms with van der Waals surface area (Å²) in [4.78, 5) is 4.13. The van der Waals surface area contributed by atoms with Crippen molar-refractivity contribution in [1.29, 1.82) is 0 Å². The Morgan fingerprint density at radius 1 is 1.11 bits per heavy atom. The Balaban J connectivity index is 2.37. The Bertz CT molecular complexity index is 669. The molecule has 3 N–H and O–H groups in total. The lowest BCUT2D eigenvalue weighted by atomic mass is 10.3. The van der Waals surface area contributed by atoms with E-state index in [2.05, 4.69) is 9.71 Å². The predicted octanol–water partition coefficient (Wildman–Crippen LogP) is 1.77. The zero-order chi connectivity index (χ0) is 13.2. The summed E-state index contributed by atoms with van der Waals surface area (Å²) in [5.41, 5.74) is 6.59. The molecule has 0 saturated carbocycles. The topological polar surface area (TPSA) is 85.1 Å². The smallest absolute Gasteiger partial charge is 0.265 e. The van der Waals surface area contributed by atoms with Gasteiger partial charge in [0.1, 0.15) is 10.7 Å². The minimum Gasteiger partial charge on any atom is -0.398 e. The lowest BCUT2D eigenvalue weighted by Gasteiger charge is -2.09. The molecule has 0 spiro atoms. The molecule has 2 aromatic rings. The van der Waals surface area contributed by atoms with Crippen LogP contribution in [0.4, 0.5) is 11.5 Å². The van der Waals surface area contributed by atoms with Crippen LogP contribution in [-0.4, -0.2) is 13.4 Å². The molecule has 0 saturated heterocycles. The third-order valence-corrected chi connectivity index (χ3v) is 3.76. The van der Waals surface area contributed by atoms with Crippen molar-refractivity contribution in [2.75, 3.05) is 10.5 Å². The van der Waals surface area contributed by atoms with E-state index in [4.69, 9.17) is 5.73 Å². The zero-order valence-corrected chi connectivity index (χ0v) is 10.6. The van der Waals surface area contributed by atoms with Crippen molar-refractivity contribution in [3.8, 4) is 0 Å². The second-order valence-electron chi connectivity index (χ2n) is 3.81. The van der Waals surface area contributed by atoms with Crippen molar-refractivity contribution in [3.05, 3.63) is 48.2 Å². The van der Waals surface area contributed by atoms with Gasteiger partial charge in [-0.2, -0.15) is 0 Å². The van der Waals surface area contributed by atoms with Gasteiger partial charge in [-0.1, -0.05) is 18.2 Å². The molecule has 0 unspecified atom stereocenters. The zero-order valence-electron chi connectivity index (χ0n) is 9.79. The molecule has 6 heteroatoms. The second kappa shape index (κ2) is 4.66. The van der Waals surface area contributed by atoms with Gasteiger partial charge in [-0.15, -0.1) is 0 Å². The molecule has 1 aromatic heterocycles. The number of rotatable bonds is 3. The van der Waals surface area contributed by atoms with Gasteiger partial charge >= 0.3 is 0 Å². The van der Waals surface area contributed by atoms with Gasteiger partial charge in [-0.05, 0) is 31.2 Å². The Morgan fingerprint density at radius 3 is 2.50 bits per heavy atom. The molecule has 5 nitrogen and oxygen atoms in total. The largest absolute Gasteiger partial charge is 0.398 e. The fourth-order valence-corrected chi connectivity index (χ4v) is 2.65. The van der Waals surface area contributed by atoms with Crippen molar-refractivity contribution in [2.45, 2.75) is 11.8 Å². The SMILES string of the molecule is Cc1cccc(NS(=O)(=O)c2ccccc2N)n1. The van der Waals surface area contributed by atoms with Crippen molar-refractivity contribution in [2.24, 2.45) is 0 Å². The molecule has 1 aromatic carbocycles. The fourth-order valence-electron chi connectivity index (χ4n) is 1.52. The summed E-state index contributed by atoms with van der Waals surface area (Å²) < 4.78 is 26.6. The average molecular weight is 263 g/mol. The second-order valence-corrected chi connectivity index (χ2v) is 5.46. The molecule has 0 aliphatic heterocycles. The number of pyridine rings is 1. The molecule has 2 rings (SSSR count). The number of benzene rings is 1. The number of nitrogens with zero attached hydrogens (tertiary/aromatic N) is 1. The van der Waals surface area contributed by atoms with Crippen LogP contribution >= 0.6 is 0 Å². The number of nitrogen functional groups attached to an aromatic ring is 1. The molecule has 0 bridgehead atoms. The van der Waals surface area contributed by atoms with Gasteiger partial charge in [0.05, 0.1) is 5.69 Å². The number of nitrogens with one attached hydrogen (secondary N) is 1. The molecule has 1 heterocycles. The maximum atomic E-state index is 12.1. The molecular formula is C12H13N3O2S. The number of aromatic nitrogens is 1. The molecule has 0 aliphatic carbocycles. The van der Waals surface area contributed by atoms with Crippen LogP contribution in [0.2, 0.25) is 0 Å². The number of aryl methyl sites for hydroxylation is 1. The first-order valence-electron chi connectivity index (χ1n) is 5.30. The quantitative estimate of drug-likeness (QED) is 0.826. The number of hydrogen-bond donors (Lipinski definition) is 2. The molecule has 0 amide bonds. The molecule has 18 heavy (non-hydrogen) atoms. The Labute approximate surface area is 106 Å². The highest BCUT2D eigenvalue weighted by atomic mass is 32.2. The van der Waals surface area contributed by atoms with E-state index in [1.54, 1.807) is 37.3 Å². The highest BCUT2D eigenvalue weighted by Crippen LogP contribution is 2.20. The van der Waals surface area contributed by atoms with E-state index in [9.17, 15) is 8.42 Å². The summed E-state index contributed by atoms with van der Waals surface area (Å²) in [6.45, 7) is 1.79. The minimum atomic E-state index is -3.70. The maximum absolute atomic E-state index is 12.1. The first-order chi connectivity index (χ1) is 8.49. The average Bonchev–Trinajstić information content (AvgIpc) is 2.28. The summed E-state index contributed by atoms with van der Waals surface area (Å²) in [5, 5.41) is 0.